The number of aromatic amines is 1. The van der Waals surface area contributed by atoms with Crippen molar-refractivity contribution in [2.75, 3.05) is 14.2 Å². The predicted molar refractivity (Wildman–Crippen MR) is 103 cm³/mol. The van der Waals surface area contributed by atoms with Crippen molar-refractivity contribution in [2.45, 2.75) is 11.4 Å². The number of carbonyl (C=O) groups excluding carboxylic acids is 1. The molecule has 3 rings (SSSR count). The fourth-order valence-corrected chi connectivity index (χ4v) is 3.26. The zero-order valence-corrected chi connectivity index (χ0v) is 16.5. The van der Waals surface area contributed by atoms with Gasteiger partial charge in [0.1, 0.15) is 11.6 Å². The average Bonchev–Trinajstić information content (AvgIpc) is 3.21. The average molecular weight is 417 g/mol. The summed E-state index contributed by atoms with van der Waals surface area (Å²) in [5, 5.41) is 9.61. The monoisotopic (exact) mass is 417 g/mol. The number of nitrogens with one attached hydrogen (secondary N) is 3. The number of amides is 1. The topological polar surface area (TPSA) is 135 Å². The zero-order chi connectivity index (χ0) is 20.9. The number of ether oxygens (including phenoxy) is 1. The molecule has 1 aromatic heterocycles. The van der Waals surface area contributed by atoms with Gasteiger partial charge in [-0.1, -0.05) is 4.89 Å². The predicted octanol–water partition coefficient (Wildman–Crippen LogP) is 1.25. The van der Waals surface area contributed by atoms with Crippen molar-refractivity contribution in [2.24, 2.45) is 0 Å². The van der Waals surface area contributed by atoms with Gasteiger partial charge in [0.05, 0.1) is 25.7 Å². The molecule has 0 fully saturated rings. The van der Waals surface area contributed by atoms with Crippen LogP contribution in [0.25, 0.3) is 11.4 Å². The van der Waals surface area contributed by atoms with Crippen molar-refractivity contribution in [3.05, 3.63) is 59.9 Å². The molecule has 1 amide bonds. The van der Waals surface area contributed by atoms with Gasteiger partial charge in [0.2, 0.25) is 0 Å². The Labute approximate surface area is 167 Å². The number of benzene rings is 2. The molecule has 0 spiro atoms. The van der Waals surface area contributed by atoms with E-state index in [1.807, 2.05) is 17.0 Å². The quantitative estimate of drug-likeness (QED) is 0.469. The molecule has 0 radical (unpaired) electrons. The lowest BCUT2D eigenvalue weighted by Crippen LogP contribution is -2.24. The maximum Gasteiger partial charge on any atom is 0.262 e. The van der Waals surface area contributed by atoms with E-state index in [9.17, 15) is 13.2 Å². The minimum Gasteiger partial charge on any atom is -0.497 e. The molecule has 152 valence electrons. The molecular formula is C18H19N5O5S. The van der Waals surface area contributed by atoms with Crippen molar-refractivity contribution in [3.8, 4) is 17.1 Å². The van der Waals surface area contributed by atoms with Crippen LogP contribution >= 0.6 is 0 Å². The number of hydrogen-bond donors (Lipinski definition) is 3. The number of sulfonamides is 1. The van der Waals surface area contributed by atoms with Gasteiger partial charge >= 0.3 is 0 Å². The van der Waals surface area contributed by atoms with Gasteiger partial charge in [-0.05, 0) is 48.5 Å². The summed E-state index contributed by atoms with van der Waals surface area (Å²) in [6.07, 6.45) is 0. The van der Waals surface area contributed by atoms with E-state index in [4.69, 9.17) is 4.74 Å². The number of aromatic nitrogens is 3. The normalized spacial score (nSPS) is 11.2. The third-order valence-corrected chi connectivity index (χ3v) is 5.20. The lowest BCUT2D eigenvalue weighted by molar-refractivity contribution is 0.0950. The van der Waals surface area contributed by atoms with Crippen LogP contribution < -0.4 is 14.9 Å². The molecule has 0 saturated heterocycles. The number of carbonyl (C=O) groups is 1. The lowest BCUT2D eigenvalue weighted by atomic mass is 10.2. The molecular weight excluding hydrogens is 398 g/mol. The van der Waals surface area contributed by atoms with Crippen LogP contribution in [0.1, 0.15) is 16.2 Å². The minimum atomic E-state index is -3.77. The van der Waals surface area contributed by atoms with Crippen molar-refractivity contribution in [3.63, 3.8) is 0 Å². The Bertz CT molecular complexity index is 1080. The highest BCUT2D eigenvalue weighted by Gasteiger charge is 2.15. The number of H-pyrrole nitrogens is 1. The fraction of sp³-hybridized carbons (Fsp3) is 0.167. The largest absolute Gasteiger partial charge is 0.497 e. The maximum absolute atomic E-state index is 12.3. The molecule has 2 aromatic carbocycles. The van der Waals surface area contributed by atoms with Crippen LogP contribution in [0.5, 0.6) is 5.75 Å². The minimum absolute atomic E-state index is 0.0183. The Morgan fingerprint density at radius 1 is 1.07 bits per heavy atom. The van der Waals surface area contributed by atoms with Crippen LogP contribution in [0.3, 0.4) is 0 Å². The van der Waals surface area contributed by atoms with Crippen molar-refractivity contribution >= 4 is 15.9 Å². The molecule has 0 aliphatic carbocycles. The van der Waals surface area contributed by atoms with Crippen LogP contribution in [-0.2, 0) is 21.4 Å². The lowest BCUT2D eigenvalue weighted by Gasteiger charge is -2.06. The molecule has 3 N–H and O–H groups in total. The second-order valence-corrected chi connectivity index (χ2v) is 7.48. The summed E-state index contributed by atoms with van der Waals surface area (Å²) in [7, 11) is -0.985. The molecule has 29 heavy (non-hydrogen) atoms. The van der Waals surface area contributed by atoms with Gasteiger partial charge in [-0.2, -0.15) is 5.10 Å². The molecule has 0 aliphatic rings. The molecule has 3 aromatic rings. The SMILES string of the molecule is CONS(=O)(=O)c1ccc(C(=O)NCc2nc(-c3ccc(OC)cc3)n[nH]2)cc1. The molecule has 1 heterocycles. The van der Waals surface area contributed by atoms with E-state index in [1.165, 1.54) is 31.4 Å². The van der Waals surface area contributed by atoms with Crippen LogP contribution in [0.4, 0.5) is 0 Å². The van der Waals surface area contributed by atoms with Gasteiger partial charge in [0.25, 0.3) is 15.9 Å². The van der Waals surface area contributed by atoms with Crippen LogP contribution in [-0.4, -0.2) is 43.7 Å². The molecule has 11 heteroatoms. The summed E-state index contributed by atoms with van der Waals surface area (Å²) in [5.74, 6) is 1.33. The zero-order valence-electron chi connectivity index (χ0n) is 15.7. The van der Waals surface area contributed by atoms with Crippen molar-refractivity contribution in [1.82, 2.24) is 25.4 Å². The smallest absolute Gasteiger partial charge is 0.262 e. The summed E-state index contributed by atoms with van der Waals surface area (Å²) < 4.78 is 28.7. The second kappa shape index (κ2) is 8.82. The molecule has 10 nitrogen and oxygen atoms in total. The molecule has 0 atom stereocenters. The van der Waals surface area contributed by atoms with Gasteiger partial charge in [-0.3, -0.25) is 14.7 Å². The van der Waals surface area contributed by atoms with Crippen molar-refractivity contribution < 1.29 is 22.8 Å². The highest BCUT2D eigenvalue weighted by molar-refractivity contribution is 7.89. The van der Waals surface area contributed by atoms with E-state index >= 15 is 0 Å². The molecule has 0 saturated carbocycles. The van der Waals surface area contributed by atoms with Gasteiger partial charge in [0, 0.05) is 11.1 Å². The van der Waals surface area contributed by atoms with E-state index in [0.717, 1.165) is 11.3 Å². The summed E-state index contributed by atoms with van der Waals surface area (Å²) in [5.41, 5.74) is 1.11. The number of rotatable bonds is 8. The first kappa shape index (κ1) is 20.5. The van der Waals surface area contributed by atoms with Gasteiger partial charge < -0.3 is 10.1 Å². The third kappa shape index (κ3) is 4.96. The van der Waals surface area contributed by atoms with Gasteiger partial charge in [-0.25, -0.2) is 13.4 Å². The van der Waals surface area contributed by atoms with E-state index in [1.54, 1.807) is 19.2 Å². The Kier molecular flexibility index (Phi) is 6.22. The van der Waals surface area contributed by atoms with Crippen LogP contribution in [0.2, 0.25) is 0 Å². The van der Waals surface area contributed by atoms with E-state index in [2.05, 4.69) is 25.3 Å². The maximum atomic E-state index is 12.3. The van der Waals surface area contributed by atoms with Crippen LogP contribution in [0, 0.1) is 0 Å². The standard InChI is InChI=1S/C18H19N5O5S/c1-27-14-7-3-12(4-8-14)17-20-16(21-22-17)11-19-18(24)13-5-9-15(10-6-13)29(25,26)23-28-2/h3-10,23H,11H2,1-2H3,(H,19,24)(H,20,21,22). The highest BCUT2D eigenvalue weighted by atomic mass is 32.2. The molecule has 0 unspecified atom stereocenters. The Balaban J connectivity index is 1.61. The first-order chi connectivity index (χ1) is 13.9. The first-order valence-electron chi connectivity index (χ1n) is 8.41. The van der Waals surface area contributed by atoms with Crippen molar-refractivity contribution in [1.29, 1.82) is 0 Å². The number of methoxy groups -OCH3 is 1. The van der Waals surface area contributed by atoms with Gasteiger partial charge in [-0.15, -0.1) is 0 Å². The molecule has 0 aliphatic heterocycles. The van der Waals surface area contributed by atoms with E-state index < -0.39 is 10.0 Å². The Hall–Kier alpha value is -3.28. The first-order valence-corrected chi connectivity index (χ1v) is 9.90. The Morgan fingerprint density at radius 3 is 2.38 bits per heavy atom. The van der Waals surface area contributed by atoms with Gasteiger partial charge in [0.15, 0.2) is 5.82 Å². The number of hydrogen-bond acceptors (Lipinski definition) is 7. The summed E-state index contributed by atoms with van der Waals surface area (Å²) in [6.45, 7) is 0.132. The Morgan fingerprint density at radius 2 is 1.76 bits per heavy atom. The summed E-state index contributed by atoms with van der Waals surface area (Å²) in [4.78, 5) is 22.9. The summed E-state index contributed by atoms with van der Waals surface area (Å²) >= 11 is 0. The third-order valence-electron chi connectivity index (χ3n) is 3.92. The van der Waals surface area contributed by atoms with E-state index in [-0.39, 0.29) is 17.3 Å². The van der Waals surface area contributed by atoms with Crippen LogP contribution in [0.15, 0.2) is 53.4 Å². The highest BCUT2D eigenvalue weighted by Crippen LogP contribution is 2.19. The van der Waals surface area contributed by atoms with E-state index in [0.29, 0.717) is 17.2 Å². The summed E-state index contributed by atoms with van der Waals surface area (Å²) in [6, 6.07) is 12.7. The fourth-order valence-electron chi connectivity index (χ4n) is 2.45. The molecule has 0 bridgehead atoms. The number of nitrogens with zero attached hydrogens (tertiary/aromatic N) is 2. The second-order valence-electron chi connectivity index (χ2n) is 5.83.